The number of amides is 1. The summed E-state index contributed by atoms with van der Waals surface area (Å²) >= 11 is 6.00. The number of halogens is 1. The van der Waals surface area contributed by atoms with E-state index >= 15 is 0 Å². The summed E-state index contributed by atoms with van der Waals surface area (Å²) in [7, 11) is 1.27. The van der Waals surface area contributed by atoms with E-state index in [9.17, 15) is 14.4 Å². The summed E-state index contributed by atoms with van der Waals surface area (Å²) in [6.07, 6.45) is 1.29. The molecule has 2 rings (SSSR count). The highest BCUT2D eigenvalue weighted by Crippen LogP contribution is 2.30. The highest BCUT2D eigenvalue weighted by atomic mass is 35.5. The Morgan fingerprint density at radius 2 is 1.72 bits per heavy atom. The lowest BCUT2D eigenvalue weighted by Gasteiger charge is -2.33. The number of ketones is 1. The van der Waals surface area contributed by atoms with E-state index in [4.69, 9.17) is 16.3 Å². The van der Waals surface area contributed by atoms with Gasteiger partial charge >= 0.3 is 5.97 Å². The fourth-order valence-electron chi connectivity index (χ4n) is 3.67. The van der Waals surface area contributed by atoms with E-state index in [1.807, 2.05) is 26.0 Å². The smallest absolute Gasteiger partial charge is 0.339 e. The minimum atomic E-state index is -0.580. The third-order valence-electron chi connectivity index (χ3n) is 5.39. The number of aromatic amines is 1. The Hall–Kier alpha value is -2.60. The van der Waals surface area contributed by atoms with E-state index in [0.717, 1.165) is 5.56 Å². The Balaban J connectivity index is 2.36. The third-order valence-corrected chi connectivity index (χ3v) is 5.64. The number of esters is 1. The fraction of sp³-hybridized carbons (Fsp3) is 0.409. The molecular weight excluding hydrogens is 392 g/mol. The van der Waals surface area contributed by atoms with Gasteiger partial charge in [-0.05, 0) is 43.0 Å². The molecule has 1 aromatic heterocycles. The highest BCUT2D eigenvalue weighted by Gasteiger charge is 2.31. The van der Waals surface area contributed by atoms with E-state index in [-0.39, 0.29) is 23.7 Å². The lowest BCUT2D eigenvalue weighted by atomic mass is 9.84. The quantitative estimate of drug-likeness (QED) is 0.493. The first-order valence-electron chi connectivity index (χ1n) is 9.56. The first-order valence-corrected chi connectivity index (χ1v) is 9.94. The number of methoxy groups -OCH3 is 1. The van der Waals surface area contributed by atoms with Crippen LogP contribution in [0.1, 0.15) is 71.3 Å². The molecule has 0 unspecified atom stereocenters. The molecule has 6 nitrogen and oxygen atoms in total. The van der Waals surface area contributed by atoms with Crippen molar-refractivity contribution in [3.8, 4) is 0 Å². The maximum absolute atomic E-state index is 12.9. The largest absolute Gasteiger partial charge is 0.465 e. The zero-order chi connectivity index (χ0) is 21.8. The number of carbonyl (C=O) groups excluding carboxylic acids is 3. The Kier molecular flexibility index (Phi) is 7.25. The van der Waals surface area contributed by atoms with Crippen LogP contribution in [0.25, 0.3) is 0 Å². The summed E-state index contributed by atoms with van der Waals surface area (Å²) < 4.78 is 4.84. The number of benzene rings is 1. The fourth-order valence-corrected chi connectivity index (χ4v) is 3.80. The molecule has 0 aliphatic carbocycles. The molecular formula is C22H27ClN2O4. The first kappa shape index (κ1) is 22.7. The summed E-state index contributed by atoms with van der Waals surface area (Å²) in [5.74, 6) is -1.05. The van der Waals surface area contributed by atoms with Crippen LogP contribution in [0.5, 0.6) is 0 Å². The lowest BCUT2D eigenvalue weighted by Crippen LogP contribution is -2.45. The van der Waals surface area contributed by atoms with Crippen LogP contribution in [-0.4, -0.2) is 29.8 Å². The van der Waals surface area contributed by atoms with Crippen LogP contribution >= 0.6 is 11.6 Å². The van der Waals surface area contributed by atoms with Gasteiger partial charge in [0, 0.05) is 17.6 Å². The van der Waals surface area contributed by atoms with Crippen LogP contribution in [-0.2, 0) is 21.5 Å². The molecule has 156 valence electrons. The molecule has 2 N–H and O–H groups in total. The van der Waals surface area contributed by atoms with Gasteiger partial charge in [-0.2, -0.15) is 0 Å². The maximum Gasteiger partial charge on any atom is 0.339 e. The summed E-state index contributed by atoms with van der Waals surface area (Å²) in [4.78, 5) is 40.0. The van der Waals surface area contributed by atoms with Crippen LogP contribution in [0.4, 0.5) is 0 Å². The second kappa shape index (κ2) is 9.27. The summed E-state index contributed by atoms with van der Waals surface area (Å²) in [5.41, 5.74) is 1.80. The van der Waals surface area contributed by atoms with E-state index in [1.54, 1.807) is 19.1 Å². The predicted molar refractivity (Wildman–Crippen MR) is 112 cm³/mol. The van der Waals surface area contributed by atoms with E-state index < -0.39 is 11.5 Å². The standard InChI is InChI=1S/C22H27ClN2O4/c1-6-22(7-2,15-8-10-16(23)11-9-15)25-18(27)12-17-19(21(28)29-5)13(3)20(24-17)14(4)26/h8-11,24H,6-7,12H2,1-5H3,(H,25,27). The van der Waals surface area contributed by atoms with E-state index in [0.29, 0.717) is 34.8 Å². The molecule has 0 saturated heterocycles. The molecule has 0 radical (unpaired) electrons. The Morgan fingerprint density at radius 1 is 1.14 bits per heavy atom. The molecule has 1 aromatic carbocycles. The number of carbonyl (C=O) groups is 3. The van der Waals surface area contributed by atoms with Crippen molar-refractivity contribution in [2.45, 2.75) is 52.5 Å². The van der Waals surface area contributed by atoms with Gasteiger partial charge in [0.1, 0.15) is 0 Å². The minimum absolute atomic E-state index is 0.0755. The van der Waals surface area contributed by atoms with Crippen molar-refractivity contribution in [3.63, 3.8) is 0 Å². The molecule has 0 spiro atoms. The summed E-state index contributed by atoms with van der Waals surface area (Å²) in [5, 5.41) is 3.74. The SMILES string of the molecule is CCC(CC)(NC(=O)Cc1[nH]c(C(C)=O)c(C)c1C(=O)OC)c1ccc(Cl)cc1. The molecule has 0 aliphatic rings. The molecule has 0 fully saturated rings. The molecule has 0 aliphatic heterocycles. The van der Waals surface area contributed by atoms with Gasteiger partial charge in [0.05, 0.1) is 30.3 Å². The van der Waals surface area contributed by atoms with Crippen LogP contribution in [0.3, 0.4) is 0 Å². The molecule has 2 aromatic rings. The van der Waals surface area contributed by atoms with Crippen LogP contribution in [0.2, 0.25) is 5.02 Å². The summed E-state index contributed by atoms with van der Waals surface area (Å²) in [6.45, 7) is 7.08. The van der Waals surface area contributed by atoms with Crippen molar-refractivity contribution < 1.29 is 19.1 Å². The van der Waals surface area contributed by atoms with Gasteiger partial charge in [0.15, 0.2) is 5.78 Å². The zero-order valence-electron chi connectivity index (χ0n) is 17.4. The predicted octanol–water partition coefficient (Wildman–Crippen LogP) is 4.34. The van der Waals surface area contributed by atoms with Crippen molar-refractivity contribution in [1.82, 2.24) is 10.3 Å². The van der Waals surface area contributed by atoms with Gasteiger partial charge in [0.2, 0.25) is 5.91 Å². The van der Waals surface area contributed by atoms with Gasteiger partial charge in [-0.15, -0.1) is 0 Å². The zero-order valence-corrected chi connectivity index (χ0v) is 18.2. The number of nitrogens with one attached hydrogen (secondary N) is 2. The third kappa shape index (κ3) is 4.70. The Labute approximate surface area is 176 Å². The first-order chi connectivity index (χ1) is 13.7. The normalized spacial score (nSPS) is 11.2. The number of H-pyrrole nitrogens is 1. The van der Waals surface area contributed by atoms with E-state index in [2.05, 4.69) is 10.3 Å². The van der Waals surface area contributed by atoms with Crippen molar-refractivity contribution in [2.24, 2.45) is 0 Å². The van der Waals surface area contributed by atoms with Crippen molar-refractivity contribution in [3.05, 3.63) is 57.4 Å². The number of ether oxygens (including phenoxy) is 1. The molecule has 7 heteroatoms. The second-order valence-corrected chi connectivity index (χ2v) is 7.48. The van der Waals surface area contributed by atoms with Crippen molar-refractivity contribution in [2.75, 3.05) is 7.11 Å². The summed E-state index contributed by atoms with van der Waals surface area (Å²) in [6, 6.07) is 7.40. The van der Waals surface area contributed by atoms with Crippen LogP contribution < -0.4 is 5.32 Å². The van der Waals surface area contributed by atoms with E-state index in [1.165, 1.54) is 14.0 Å². The van der Waals surface area contributed by atoms with Crippen molar-refractivity contribution in [1.29, 1.82) is 0 Å². The molecule has 0 bridgehead atoms. The van der Waals surface area contributed by atoms with Gasteiger partial charge in [-0.1, -0.05) is 37.6 Å². The number of rotatable bonds is 8. The molecule has 1 amide bonds. The molecule has 1 heterocycles. The van der Waals surface area contributed by atoms with Gasteiger partial charge in [-0.3, -0.25) is 9.59 Å². The van der Waals surface area contributed by atoms with Gasteiger partial charge in [-0.25, -0.2) is 4.79 Å². The minimum Gasteiger partial charge on any atom is -0.465 e. The van der Waals surface area contributed by atoms with Gasteiger partial charge in [0.25, 0.3) is 0 Å². The topological polar surface area (TPSA) is 88.3 Å². The number of hydrogen-bond acceptors (Lipinski definition) is 4. The van der Waals surface area contributed by atoms with Crippen LogP contribution in [0, 0.1) is 6.92 Å². The van der Waals surface area contributed by atoms with Crippen LogP contribution in [0.15, 0.2) is 24.3 Å². The monoisotopic (exact) mass is 418 g/mol. The Bertz CT molecular complexity index is 912. The highest BCUT2D eigenvalue weighted by molar-refractivity contribution is 6.30. The second-order valence-electron chi connectivity index (χ2n) is 7.05. The molecule has 0 atom stereocenters. The molecule has 0 saturated carbocycles. The average Bonchev–Trinajstić information content (AvgIpc) is 3.02. The Morgan fingerprint density at radius 3 is 2.21 bits per heavy atom. The average molecular weight is 419 g/mol. The van der Waals surface area contributed by atoms with Crippen molar-refractivity contribution >= 4 is 29.3 Å². The number of Topliss-reactive ketones (excluding diaryl/α,β-unsaturated/α-hetero) is 1. The van der Waals surface area contributed by atoms with Gasteiger partial charge < -0.3 is 15.0 Å². The number of aromatic nitrogens is 1. The maximum atomic E-state index is 12.9. The number of hydrogen-bond donors (Lipinski definition) is 2. The lowest BCUT2D eigenvalue weighted by molar-refractivity contribution is -0.122. The molecule has 29 heavy (non-hydrogen) atoms.